The molecular weight excluding hydrogens is 532 g/mol. The molecule has 0 spiro atoms. The summed E-state index contributed by atoms with van der Waals surface area (Å²) in [5, 5.41) is 3.44. The summed E-state index contributed by atoms with van der Waals surface area (Å²) in [7, 11) is 0. The van der Waals surface area contributed by atoms with E-state index in [-0.39, 0.29) is 17.6 Å². The largest absolute Gasteiger partial charge is 0.446 e. The molecule has 4 aliphatic rings. The second-order valence-electron chi connectivity index (χ2n) is 15.4. The third-order valence-corrected chi connectivity index (χ3v) is 12.8. The number of carbonyl (C=O) groups is 1. The van der Waals surface area contributed by atoms with Gasteiger partial charge in [0.25, 0.3) is 0 Å². The second kappa shape index (κ2) is 16.5. The number of nitrogens with zero attached hydrogens (tertiary/aromatic N) is 1. The van der Waals surface area contributed by atoms with Crippen molar-refractivity contribution in [3.05, 3.63) is 11.6 Å². The molecule has 0 bridgehead atoms. The van der Waals surface area contributed by atoms with Crippen LogP contribution >= 0.6 is 0 Å². The highest BCUT2D eigenvalue weighted by atomic mass is 16.6. The van der Waals surface area contributed by atoms with Crippen LogP contribution in [0.2, 0.25) is 0 Å². The van der Waals surface area contributed by atoms with E-state index in [1.165, 1.54) is 57.8 Å². The summed E-state index contributed by atoms with van der Waals surface area (Å²) < 4.78 is 6.23. The molecule has 3 saturated carbocycles. The van der Waals surface area contributed by atoms with Crippen molar-refractivity contribution in [2.45, 2.75) is 137 Å². The minimum absolute atomic E-state index is 0.00960. The van der Waals surface area contributed by atoms with Gasteiger partial charge in [-0.3, -0.25) is 0 Å². The Hall–Kier alpha value is -1.11. The van der Waals surface area contributed by atoms with Gasteiger partial charge in [-0.2, -0.15) is 0 Å². The molecule has 5 N–H and O–H groups in total. The molecule has 43 heavy (non-hydrogen) atoms. The van der Waals surface area contributed by atoms with Crippen LogP contribution in [0.15, 0.2) is 11.6 Å². The Morgan fingerprint density at radius 2 is 1.74 bits per heavy atom. The van der Waals surface area contributed by atoms with Gasteiger partial charge in [0.2, 0.25) is 0 Å². The molecule has 4 rings (SSSR count). The molecule has 0 heterocycles. The standard InChI is InChI=1S/C37H68N4O2/c1-5-6-7-12-28(2)32-15-16-33-31-14-13-29-27-30(17-19-36(29,3)34(31)18-20-37(32,33)4)43-35(42)41(26-11-22-39)25-9-8-23-40-24-10-21-38/h13,28,30-34,40H,5-12,14-27,38-39H2,1-4H3. The highest BCUT2D eigenvalue weighted by Gasteiger charge is 2.59. The number of amides is 1. The Labute approximate surface area is 264 Å². The van der Waals surface area contributed by atoms with Crippen LogP contribution in [0.25, 0.3) is 0 Å². The van der Waals surface area contributed by atoms with E-state index in [4.69, 9.17) is 16.2 Å². The van der Waals surface area contributed by atoms with Crippen LogP contribution in [0.5, 0.6) is 0 Å². The van der Waals surface area contributed by atoms with Crippen molar-refractivity contribution < 1.29 is 9.53 Å². The summed E-state index contributed by atoms with van der Waals surface area (Å²) >= 11 is 0. The summed E-state index contributed by atoms with van der Waals surface area (Å²) in [6.07, 6.45) is 21.9. The number of nitrogens with one attached hydrogen (secondary N) is 1. The molecule has 248 valence electrons. The Bertz CT molecular complexity index is 894. The van der Waals surface area contributed by atoms with E-state index in [1.807, 2.05) is 4.90 Å². The van der Waals surface area contributed by atoms with Crippen LogP contribution in [-0.4, -0.2) is 56.4 Å². The maximum Gasteiger partial charge on any atom is 0.410 e. The van der Waals surface area contributed by atoms with Gasteiger partial charge in [0.15, 0.2) is 0 Å². The predicted molar refractivity (Wildman–Crippen MR) is 180 cm³/mol. The monoisotopic (exact) mass is 601 g/mol. The summed E-state index contributed by atoms with van der Waals surface area (Å²) in [5.74, 6) is 4.32. The number of allylic oxidation sites excluding steroid dienone is 1. The van der Waals surface area contributed by atoms with Crippen molar-refractivity contribution in [2.75, 3.05) is 39.3 Å². The zero-order valence-electron chi connectivity index (χ0n) is 28.5. The molecule has 0 aromatic heterocycles. The molecule has 8 unspecified atom stereocenters. The average Bonchev–Trinajstić information content (AvgIpc) is 3.35. The molecule has 0 saturated heterocycles. The lowest BCUT2D eigenvalue weighted by atomic mass is 9.47. The molecule has 0 aromatic rings. The number of hydrogen-bond donors (Lipinski definition) is 3. The predicted octanol–water partition coefficient (Wildman–Crippen LogP) is 7.66. The molecule has 6 nitrogen and oxygen atoms in total. The van der Waals surface area contributed by atoms with Gasteiger partial charge in [0, 0.05) is 19.5 Å². The first-order chi connectivity index (χ1) is 20.8. The first-order valence-corrected chi connectivity index (χ1v) is 18.5. The van der Waals surface area contributed by atoms with Crippen LogP contribution in [0.3, 0.4) is 0 Å². The van der Waals surface area contributed by atoms with Crippen molar-refractivity contribution in [1.82, 2.24) is 10.2 Å². The topological polar surface area (TPSA) is 93.6 Å². The van der Waals surface area contributed by atoms with Gasteiger partial charge in [-0.1, -0.05) is 65.0 Å². The summed E-state index contributed by atoms with van der Waals surface area (Å²) in [6.45, 7) is 14.8. The van der Waals surface area contributed by atoms with Crippen LogP contribution in [0.4, 0.5) is 4.79 Å². The average molecular weight is 601 g/mol. The molecule has 4 aliphatic carbocycles. The van der Waals surface area contributed by atoms with Gasteiger partial charge in [-0.25, -0.2) is 4.79 Å². The molecule has 1 amide bonds. The van der Waals surface area contributed by atoms with E-state index in [9.17, 15) is 4.79 Å². The zero-order chi connectivity index (χ0) is 30.9. The number of ether oxygens (including phenoxy) is 1. The number of hydrogen-bond acceptors (Lipinski definition) is 5. The number of nitrogens with two attached hydrogens (primary N) is 2. The lowest BCUT2D eigenvalue weighted by molar-refractivity contribution is -0.0593. The lowest BCUT2D eigenvalue weighted by Crippen LogP contribution is -2.51. The summed E-state index contributed by atoms with van der Waals surface area (Å²) in [6, 6.07) is 0. The van der Waals surface area contributed by atoms with E-state index < -0.39 is 0 Å². The number of fused-ring (bicyclic) bond motifs is 5. The van der Waals surface area contributed by atoms with Crippen LogP contribution in [0, 0.1) is 40.4 Å². The Kier molecular flexibility index (Phi) is 13.3. The fourth-order valence-corrected chi connectivity index (χ4v) is 10.3. The SMILES string of the molecule is CCCCCC(C)C1CCC2C3CC=C4CC(OC(=O)N(CCCN)CCCCNCCCN)CCC4(C)C3CCC12C. The number of carbonyl (C=O) groups excluding carboxylic acids is 1. The van der Waals surface area contributed by atoms with Crippen LogP contribution in [0.1, 0.15) is 130 Å². The molecular formula is C37H68N4O2. The third kappa shape index (κ3) is 8.19. The minimum Gasteiger partial charge on any atom is -0.446 e. The van der Waals surface area contributed by atoms with Gasteiger partial charge in [-0.05, 0) is 137 Å². The molecule has 0 radical (unpaired) electrons. The van der Waals surface area contributed by atoms with Crippen molar-refractivity contribution >= 4 is 6.09 Å². The number of rotatable bonds is 17. The Morgan fingerprint density at radius 1 is 0.977 bits per heavy atom. The number of unbranched alkanes of at least 4 members (excludes halogenated alkanes) is 3. The van der Waals surface area contributed by atoms with E-state index in [0.717, 1.165) is 101 Å². The Morgan fingerprint density at radius 3 is 2.51 bits per heavy atom. The third-order valence-electron chi connectivity index (χ3n) is 12.8. The Balaban J connectivity index is 1.32. The summed E-state index contributed by atoms with van der Waals surface area (Å²) in [4.78, 5) is 15.2. The molecule has 6 heteroatoms. The van der Waals surface area contributed by atoms with E-state index in [0.29, 0.717) is 18.5 Å². The highest BCUT2D eigenvalue weighted by Crippen LogP contribution is 2.67. The summed E-state index contributed by atoms with van der Waals surface area (Å²) in [5.41, 5.74) is 13.8. The van der Waals surface area contributed by atoms with Crippen molar-refractivity contribution in [3.63, 3.8) is 0 Å². The first kappa shape index (κ1) is 34.8. The molecule has 0 aliphatic heterocycles. The van der Waals surface area contributed by atoms with Crippen molar-refractivity contribution in [3.8, 4) is 0 Å². The van der Waals surface area contributed by atoms with E-state index in [1.54, 1.807) is 5.57 Å². The molecule has 0 aromatic carbocycles. The van der Waals surface area contributed by atoms with Crippen molar-refractivity contribution in [2.24, 2.45) is 51.9 Å². The highest BCUT2D eigenvalue weighted by molar-refractivity contribution is 5.67. The van der Waals surface area contributed by atoms with Crippen LogP contribution < -0.4 is 16.8 Å². The minimum atomic E-state index is -0.133. The van der Waals surface area contributed by atoms with E-state index in [2.05, 4.69) is 39.1 Å². The maximum atomic E-state index is 13.3. The maximum absolute atomic E-state index is 13.3. The molecule has 8 atom stereocenters. The van der Waals surface area contributed by atoms with Gasteiger partial charge < -0.3 is 26.4 Å². The zero-order valence-corrected chi connectivity index (χ0v) is 28.5. The smallest absolute Gasteiger partial charge is 0.410 e. The lowest BCUT2D eigenvalue weighted by Gasteiger charge is -2.58. The van der Waals surface area contributed by atoms with Gasteiger partial charge in [-0.15, -0.1) is 0 Å². The van der Waals surface area contributed by atoms with Gasteiger partial charge in [0.1, 0.15) is 6.10 Å². The normalized spacial score (nSPS) is 34.1. The fourth-order valence-electron chi connectivity index (χ4n) is 10.3. The van der Waals surface area contributed by atoms with Gasteiger partial charge in [0.05, 0.1) is 0 Å². The quantitative estimate of drug-likeness (QED) is 0.118. The van der Waals surface area contributed by atoms with Crippen LogP contribution in [-0.2, 0) is 4.74 Å². The molecule has 3 fully saturated rings. The first-order valence-electron chi connectivity index (χ1n) is 18.5. The van der Waals surface area contributed by atoms with Crippen molar-refractivity contribution in [1.29, 1.82) is 0 Å². The van der Waals surface area contributed by atoms with Gasteiger partial charge >= 0.3 is 6.09 Å². The second-order valence-corrected chi connectivity index (χ2v) is 15.4. The fraction of sp³-hybridized carbons (Fsp3) is 0.919. The van der Waals surface area contributed by atoms with E-state index >= 15 is 0 Å².